The summed E-state index contributed by atoms with van der Waals surface area (Å²) in [5, 5.41) is 3.08. The zero-order valence-corrected chi connectivity index (χ0v) is 18.3. The molecule has 3 aliphatic heterocycles. The quantitative estimate of drug-likeness (QED) is 0.561. The smallest absolute Gasteiger partial charge is 0.245 e. The van der Waals surface area contributed by atoms with Gasteiger partial charge in [-0.25, -0.2) is 8.78 Å². The average molecular weight is 464 g/mol. The molecule has 0 aliphatic carbocycles. The summed E-state index contributed by atoms with van der Waals surface area (Å²) < 4.78 is 44.7. The molecule has 0 saturated carbocycles. The monoisotopic (exact) mass is 464 g/mol. The van der Waals surface area contributed by atoms with E-state index in [1.54, 1.807) is 11.0 Å². The number of carbonyl (C=O) groups is 1. The van der Waals surface area contributed by atoms with Crippen molar-refractivity contribution in [2.75, 3.05) is 31.4 Å². The molecule has 174 valence electrons. The number of nitrogens with zero attached hydrogens (tertiary/aromatic N) is 1. The molecule has 1 atom stereocenters. The first-order valence-electron chi connectivity index (χ1n) is 11.2. The Balaban J connectivity index is 1.21. The Morgan fingerprint density at radius 1 is 0.912 bits per heavy atom. The van der Waals surface area contributed by atoms with Crippen LogP contribution in [0, 0.1) is 11.6 Å². The van der Waals surface area contributed by atoms with Gasteiger partial charge in [-0.15, -0.1) is 0 Å². The third kappa shape index (κ3) is 3.05. The number of benzene rings is 3. The van der Waals surface area contributed by atoms with Crippen LogP contribution in [0.15, 0.2) is 54.6 Å². The number of hydrogen-bond acceptors (Lipinski definition) is 5. The lowest BCUT2D eigenvalue weighted by Crippen LogP contribution is -2.43. The molecule has 3 aliphatic rings. The third-order valence-corrected chi connectivity index (χ3v) is 6.74. The van der Waals surface area contributed by atoms with Crippen molar-refractivity contribution in [3.05, 3.63) is 82.9 Å². The fourth-order valence-corrected chi connectivity index (χ4v) is 5.06. The van der Waals surface area contributed by atoms with Crippen LogP contribution < -0.4 is 24.4 Å². The summed E-state index contributed by atoms with van der Waals surface area (Å²) in [7, 11) is 0. The first-order valence-corrected chi connectivity index (χ1v) is 11.2. The molecule has 1 spiro atoms. The average Bonchev–Trinajstić information content (AvgIpc) is 3.51. The zero-order valence-electron chi connectivity index (χ0n) is 18.3. The molecule has 3 aromatic rings. The van der Waals surface area contributed by atoms with E-state index < -0.39 is 17.0 Å². The maximum Gasteiger partial charge on any atom is 0.245 e. The predicted molar refractivity (Wildman–Crippen MR) is 120 cm³/mol. The fourth-order valence-electron chi connectivity index (χ4n) is 5.06. The molecule has 0 saturated heterocycles. The van der Waals surface area contributed by atoms with Crippen molar-refractivity contribution in [2.24, 2.45) is 0 Å². The lowest BCUT2D eigenvalue weighted by molar-refractivity contribution is -0.122. The van der Waals surface area contributed by atoms with Crippen molar-refractivity contribution in [1.82, 2.24) is 5.32 Å². The van der Waals surface area contributed by atoms with E-state index in [9.17, 15) is 13.6 Å². The summed E-state index contributed by atoms with van der Waals surface area (Å²) in [5.74, 6) is 0.660. The van der Waals surface area contributed by atoms with Gasteiger partial charge in [-0.05, 0) is 42.8 Å². The second-order valence-corrected chi connectivity index (χ2v) is 8.60. The molecule has 34 heavy (non-hydrogen) atoms. The maximum atomic E-state index is 13.9. The largest absolute Gasteiger partial charge is 0.491 e. The number of carbonyl (C=O) groups excluding carboxylic acids is 1. The van der Waals surface area contributed by atoms with Crippen LogP contribution in [-0.2, 0) is 16.8 Å². The maximum absolute atomic E-state index is 13.9. The van der Waals surface area contributed by atoms with Crippen molar-refractivity contribution in [3.63, 3.8) is 0 Å². The van der Waals surface area contributed by atoms with E-state index in [-0.39, 0.29) is 31.4 Å². The van der Waals surface area contributed by atoms with Gasteiger partial charge in [0.25, 0.3) is 0 Å². The second kappa shape index (κ2) is 7.99. The predicted octanol–water partition coefficient (Wildman–Crippen LogP) is 3.90. The molecule has 1 amide bonds. The van der Waals surface area contributed by atoms with E-state index in [0.717, 1.165) is 16.8 Å². The number of ether oxygens (including phenoxy) is 3. The number of hydrogen-bond donors (Lipinski definition) is 1. The van der Waals surface area contributed by atoms with Gasteiger partial charge in [0.2, 0.25) is 12.7 Å². The van der Waals surface area contributed by atoms with Gasteiger partial charge >= 0.3 is 0 Å². The summed E-state index contributed by atoms with van der Waals surface area (Å²) in [4.78, 5) is 15.7. The van der Waals surface area contributed by atoms with E-state index in [1.807, 2.05) is 30.3 Å². The van der Waals surface area contributed by atoms with Gasteiger partial charge < -0.3 is 24.4 Å². The second-order valence-electron chi connectivity index (χ2n) is 8.60. The molecule has 3 heterocycles. The topological polar surface area (TPSA) is 60.0 Å². The number of fused-ring (bicyclic) bond motifs is 5. The van der Waals surface area contributed by atoms with E-state index in [0.29, 0.717) is 36.8 Å². The Morgan fingerprint density at radius 3 is 2.50 bits per heavy atom. The van der Waals surface area contributed by atoms with E-state index in [1.165, 1.54) is 18.2 Å². The van der Waals surface area contributed by atoms with Crippen LogP contribution in [0.2, 0.25) is 0 Å². The molecular weight excluding hydrogens is 442 g/mol. The van der Waals surface area contributed by atoms with Crippen LogP contribution in [0.1, 0.15) is 23.1 Å². The molecule has 1 N–H and O–H groups in total. The Morgan fingerprint density at radius 2 is 1.68 bits per heavy atom. The van der Waals surface area contributed by atoms with Crippen molar-refractivity contribution in [2.45, 2.75) is 18.4 Å². The van der Waals surface area contributed by atoms with Gasteiger partial charge in [-0.1, -0.05) is 24.3 Å². The van der Waals surface area contributed by atoms with Gasteiger partial charge in [0.15, 0.2) is 11.5 Å². The lowest BCUT2D eigenvalue weighted by atomic mass is 9.77. The van der Waals surface area contributed by atoms with Crippen LogP contribution in [-0.4, -0.2) is 32.4 Å². The van der Waals surface area contributed by atoms with Gasteiger partial charge in [-0.3, -0.25) is 4.79 Å². The van der Waals surface area contributed by atoms with Crippen LogP contribution >= 0.6 is 0 Å². The Hall–Kier alpha value is -3.65. The summed E-state index contributed by atoms with van der Waals surface area (Å²) in [6.45, 7) is 1.40. The first kappa shape index (κ1) is 20.9. The molecular formula is C26H22F2N2O4. The van der Waals surface area contributed by atoms with Crippen molar-refractivity contribution in [1.29, 1.82) is 0 Å². The SMILES string of the molecule is O=C1N(CCCNCc2c(F)cccc2F)c2ccccc2C12COc1cc3c(cc12)OCO3. The summed E-state index contributed by atoms with van der Waals surface area (Å²) >= 11 is 0. The number of halogens is 2. The van der Waals surface area contributed by atoms with Gasteiger partial charge in [0.1, 0.15) is 29.4 Å². The molecule has 3 aromatic carbocycles. The third-order valence-electron chi connectivity index (χ3n) is 6.74. The fraction of sp³-hybridized carbons (Fsp3) is 0.269. The minimum atomic E-state index is -0.934. The Kier molecular flexibility index (Phi) is 4.91. The standard InChI is InChI=1S/C26H22F2N2O4/c27-19-6-3-7-20(28)16(19)13-29-9-4-10-30-21-8-2-1-5-17(21)26(25(30)31)14-32-22-12-24-23(11-18(22)26)33-15-34-24/h1-3,5-8,11-12,29H,4,9-10,13-15H2. The number of amides is 1. The molecule has 6 rings (SSSR count). The number of nitrogens with one attached hydrogen (secondary N) is 1. The number of anilines is 1. The highest BCUT2D eigenvalue weighted by Gasteiger charge is 2.57. The molecule has 0 fully saturated rings. The van der Waals surface area contributed by atoms with E-state index in [4.69, 9.17) is 14.2 Å². The molecule has 8 heteroatoms. The molecule has 1 unspecified atom stereocenters. The highest BCUT2D eigenvalue weighted by Crippen LogP contribution is 2.54. The molecule has 0 bridgehead atoms. The summed E-state index contributed by atoms with van der Waals surface area (Å²) in [6, 6.07) is 15.2. The van der Waals surface area contributed by atoms with Gasteiger partial charge in [0.05, 0.1) is 0 Å². The highest BCUT2D eigenvalue weighted by molar-refractivity contribution is 6.11. The molecule has 0 radical (unpaired) electrons. The Bertz CT molecular complexity index is 1280. The van der Waals surface area contributed by atoms with Gasteiger partial charge in [0, 0.05) is 36.0 Å². The van der Waals surface area contributed by atoms with Crippen molar-refractivity contribution < 1.29 is 27.8 Å². The van der Waals surface area contributed by atoms with Crippen LogP contribution in [0.4, 0.5) is 14.5 Å². The summed E-state index contributed by atoms with van der Waals surface area (Å²) in [6.07, 6.45) is 0.612. The van der Waals surface area contributed by atoms with E-state index >= 15 is 0 Å². The normalized spacial score (nSPS) is 19.5. The van der Waals surface area contributed by atoms with Crippen LogP contribution in [0.3, 0.4) is 0 Å². The van der Waals surface area contributed by atoms with Crippen molar-refractivity contribution >= 4 is 11.6 Å². The number of rotatable bonds is 6. The van der Waals surface area contributed by atoms with Crippen molar-refractivity contribution in [3.8, 4) is 17.2 Å². The van der Waals surface area contributed by atoms with Gasteiger partial charge in [-0.2, -0.15) is 0 Å². The zero-order chi connectivity index (χ0) is 23.3. The highest BCUT2D eigenvalue weighted by atomic mass is 19.1. The first-order chi connectivity index (χ1) is 16.6. The summed E-state index contributed by atoms with van der Waals surface area (Å²) in [5.41, 5.74) is 1.62. The van der Waals surface area contributed by atoms with Crippen LogP contribution in [0.25, 0.3) is 0 Å². The minimum absolute atomic E-state index is 0.0162. The van der Waals surface area contributed by atoms with E-state index in [2.05, 4.69) is 5.32 Å². The Labute approximate surface area is 195 Å². The lowest BCUT2D eigenvalue weighted by Gasteiger charge is -2.23. The molecule has 0 aromatic heterocycles. The molecule has 6 nitrogen and oxygen atoms in total. The number of para-hydroxylation sites is 1. The van der Waals surface area contributed by atoms with Crippen LogP contribution in [0.5, 0.6) is 17.2 Å². The minimum Gasteiger partial charge on any atom is -0.491 e.